The van der Waals surface area contributed by atoms with Crippen LogP contribution in [0.3, 0.4) is 0 Å². The molecule has 0 aliphatic rings. The number of aromatic nitrogens is 2. The molecule has 0 bridgehead atoms. The minimum Gasteiger partial charge on any atom is -0.444 e. The molecule has 1 aromatic heterocycles. The van der Waals surface area contributed by atoms with Crippen molar-refractivity contribution in [1.82, 2.24) is 9.55 Å². The number of benzene rings is 2. The largest absolute Gasteiger partial charge is 0.444 e. The van der Waals surface area contributed by atoms with Gasteiger partial charge in [0.05, 0.1) is 11.0 Å². The molecule has 2 aromatic carbocycles. The molecule has 2 N–H and O–H groups in total. The Hall–Kier alpha value is -2.86. The summed E-state index contributed by atoms with van der Waals surface area (Å²) >= 11 is 0. The van der Waals surface area contributed by atoms with Crippen LogP contribution in [0.2, 0.25) is 0 Å². The monoisotopic (exact) mass is 353 g/mol. The van der Waals surface area contributed by atoms with E-state index in [1.807, 2.05) is 47.0 Å². The zero-order valence-corrected chi connectivity index (χ0v) is 14.8. The first kappa shape index (κ1) is 17.9. The molecule has 1 heterocycles. The topological polar surface area (TPSA) is 76.4 Å². The van der Waals surface area contributed by atoms with Gasteiger partial charge in [0.1, 0.15) is 19.0 Å². The molecule has 0 saturated heterocycles. The maximum absolute atomic E-state index is 12.0. The molecule has 0 saturated carbocycles. The van der Waals surface area contributed by atoms with Crippen molar-refractivity contribution in [2.24, 2.45) is 0 Å². The molecule has 26 heavy (non-hydrogen) atoms. The molecular formula is C20H23N3O3. The number of anilines is 1. The van der Waals surface area contributed by atoms with Crippen molar-refractivity contribution >= 4 is 22.8 Å². The number of aliphatic hydroxyl groups is 1. The molecule has 6 nitrogen and oxygen atoms in total. The van der Waals surface area contributed by atoms with Crippen LogP contribution < -0.4 is 5.32 Å². The highest BCUT2D eigenvalue weighted by Crippen LogP contribution is 2.21. The van der Waals surface area contributed by atoms with Gasteiger partial charge in [-0.05, 0) is 30.2 Å². The number of amides is 1. The Morgan fingerprint density at radius 1 is 1.23 bits per heavy atom. The summed E-state index contributed by atoms with van der Waals surface area (Å²) in [5.74, 6) is 0.636. The molecule has 0 aliphatic heterocycles. The van der Waals surface area contributed by atoms with Gasteiger partial charge in [-0.3, -0.25) is 5.32 Å². The molecular weight excluding hydrogens is 330 g/mol. The van der Waals surface area contributed by atoms with Crippen molar-refractivity contribution in [1.29, 1.82) is 0 Å². The number of hydrogen-bond acceptors (Lipinski definition) is 4. The predicted octanol–water partition coefficient (Wildman–Crippen LogP) is 4.08. The average molecular weight is 353 g/mol. The number of imidazole rings is 1. The predicted molar refractivity (Wildman–Crippen MR) is 101 cm³/mol. The van der Waals surface area contributed by atoms with E-state index in [1.54, 1.807) is 6.07 Å². The van der Waals surface area contributed by atoms with E-state index >= 15 is 0 Å². The van der Waals surface area contributed by atoms with Crippen LogP contribution in [0, 0.1) is 0 Å². The Morgan fingerprint density at radius 3 is 2.77 bits per heavy atom. The summed E-state index contributed by atoms with van der Waals surface area (Å²) < 4.78 is 7.26. The van der Waals surface area contributed by atoms with Crippen molar-refractivity contribution in [3.63, 3.8) is 0 Å². The van der Waals surface area contributed by atoms with Crippen molar-refractivity contribution in [3.05, 3.63) is 59.9 Å². The summed E-state index contributed by atoms with van der Waals surface area (Å²) in [5, 5.41) is 12.3. The standard InChI is InChI=1S/C20H23N3O3/c1-2-3-11-23-18-10-9-16(12-17(18)22-19(23)13-24)21-20(25)26-14-15-7-5-4-6-8-15/h4-10,12,24H,2-3,11,13-14H2,1H3,(H,21,25). The number of nitrogens with zero attached hydrogens (tertiary/aromatic N) is 2. The first-order chi connectivity index (χ1) is 12.7. The molecule has 0 atom stereocenters. The van der Waals surface area contributed by atoms with Crippen LogP contribution in [0.25, 0.3) is 11.0 Å². The van der Waals surface area contributed by atoms with Gasteiger partial charge in [0.2, 0.25) is 0 Å². The van der Waals surface area contributed by atoms with Crippen LogP contribution in [0.1, 0.15) is 31.2 Å². The highest BCUT2D eigenvalue weighted by molar-refractivity contribution is 5.89. The van der Waals surface area contributed by atoms with Gasteiger partial charge in [0, 0.05) is 12.2 Å². The van der Waals surface area contributed by atoms with Gasteiger partial charge in [0.25, 0.3) is 0 Å². The Bertz CT molecular complexity index is 875. The SMILES string of the molecule is CCCCn1c(CO)nc2cc(NC(=O)OCc3ccccc3)ccc21. The lowest BCUT2D eigenvalue weighted by Crippen LogP contribution is -2.13. The lowest BCUT2D eigenvalue weighted by atomic mass is 10.2. The number of aryl methyl sites for hydroxylation is 1. The maximum Gasteiger partial charge on any atom is 0.411 e. The van der Waals surface area contributed by atoms with Crippen molar-refractivity contribution < 1.29 is 14.6 Å². The number of carbonyl (C=O) groups excluding carboxylic acids is 1. The number of nitrogens with one attached hydrogen (secondary N) is 1. The number of fused-ring (bicyclic) bond motifs is 1. The Balaban J connectivity index is 1.69. The van der Waals surface area contributed by atoms with Crippen LogP contribution >= 0.6 is 0 Å². The van der Waals surface area contributed by atoms with Gasteiger partial charge in [-0.15, -0.1) is 0 Å². The zero-order valence-electron chi connectivity index (χ0n) is 14.8. The van der Waals surface area contributed by atoms with Gasteiger partial charge in [-0.25, -0.2) is 9.78 Å². The van der Waals surface area contributed by atoms with E-state index in [0.717, 1.165) is 36.0 Å². The molecule has 0 aliphatic carbocycles. The smallest absolute Gasteiger partial charge is 0.411 e. The third-order valence-electron chi connectivity index (χ3n) is 4.16. The summed E-state index contributed by atoms with van der Waals surface area (Å²) in [6.45, 7) is 3.05. The summed E-state index contributed by atoms with van der Waals surface area (Å²) in [6.07, 6.45) is 1.57. The van der Waals surface area contributed by atoms with Crippen LogP contribution in [-0.2, 0) is 24.5 Å². The molecule has 6 heteroatoms. The van der Waals surface area contributed by atoms with Crippen LogP contribution in [-0.4, -0.2) is 20.8 Å². The second kappa shape index (κ2) is 8.49. The zero-order chi connectivity index (χ0) is 18.4. The van der Waals surface area contributed by atoms with Crippen molar-refractivity contribution in [3.8, 4) is 0 Å². The summed E-state index contributed by atoms with van der Waals surface area (Å²) in [5.41, 5.74) is 3.23. The lowest BCUT2D eigenvalue weighted by molar-refractivity contribution is 0.155. The average Bonchev–Trinajstić information content (AvgIpc) is 3.02. The van der Waals surface area contributed by atoms with Crippen LogP contribution in [0.15, 0.2) is 48.5 Å². The van der Waals surface area contributed by atoms with Gasteiger partial charge in [0.15, 0.2) is 0 Å². The third-order valence-corrected chi connectivity index (χ3v) is 4.16. The molecule has 3 aromatic rings. The van der Waals surface area contributed by atoms with E-state index in [2.05, 4.69) is 17.2 Å². The fourth-order valence-electron chi connectivity index (χ4n) is 2.82. The Morgan fingerprint density at radius 2 is 2.04 bits per heavy atom. The highest BCUT2D eigenvalue weighted by atomic mass is 16.5. The second-order valence-corrected chi connectivity index (χ2v) is 6.08. The number of ether oxygens (including phenoxy) is 1. The number of carbonyl (C=O) groups is 1. The number of hydrogen-bond donors (Lipinski definition) is 2. The van der Waals surface area contributed by atoms with E-state index in [-0.39, 0.29) is 13.2 Å². The quantitative estimate of drug-likeness (QED) is 0.671. The first-order valence-electron chi connectivity index (χ1n) is 8.79. The van der Waals surface area contributed by atoms with Crippen LogP contribution in [0.4, 0.5) is 10.5 Å². The van der Waals surface area contributed by atoms with E-state index in [4.69, 9.17) is 4.74 Å². The minimum atomic E-state index is -0.513. The van der Waals surface area contributed by atoms with Crippen molar-refractivity contribution in [2.75, 3.05) is 5.32 Å². The lowest BCUT2D eigenvalue weighted by Gasteiger charge is -2.08. The van der Waals surface area contributed by atoms with Gasteiger partial charge in [-0.2, -0.15) is 0 Å². The van der Waals surface area contributed by atoms with Crippen LogP contribution in [0.5, 0.6) is 0 Å². The highest BCUT2D eigenvalue weighted by Gasteiger charge is 2.11. The number of aliphatic hydroxyl groups excluding tert-OH is 1. The van der Waals surface area contributed by atoms with Gasteiger partial charge < -0.3 is 14.4 Å². The minimum absolute atomic E-state index is 0.111. The summed E-state index contributed by atoms with van der Waals surface area (Å²) in [7, 11) is 0. The second-order valence-electron chi connectivity index (χ2n) is 6.08. The fourth-order valence-corrected chi connectivity index (χ4v) is 2.82. The van der Waals surface area contributed by atoms with E-state index in [9.17, 15) is 9.90 Å². The van der Waals surface area contributed by atoms with Crippen molar-refractivity contribution in [2.45, 2.75) is 39.5 Å². The number of unbranched alkanes of at least 4 members (excludes halogenated alkanes) is 1. The van der Waals surface area contributed by atoms with Gasteiger partial charge >= 0.3 is 6.09 Å². The first-order valence-corrected chi connectivity index (χ1v) is 8.79. The third kappa shape index (κ3) is 4.21. The molecule has 0 radical (unpaired) electrons. The van der Waals surface area contributed by atoms with E-state index < -0.39 is 6.09 Å². The Kier molecular flexibility index (Phi) is 5.86. The summed E-state index contributed by atoms with van der Waals surface area (Å²) in [4.78, 5) is 16.5. The molecule has 0 fully saturated rings. The maximum atomic E-state index is 12.0. The summed E-state index contributed by atoms with van der Waals surface area (Å²) in [6, 6.07) is 15.0. The molecule has 136 valence electrons. The number of rotatable bonds is 7. The normalized spacial score (nSPS) is 10.8. The molecule has 0 spiro atoms. The molecule has 3 rings (SSSR count). The Labute approximate surface area is 152 Å². The van der Waals surface area contributed by atoms with E-state index in [1.165, 1.54) is 0 Å². The fraction of sp³-hybridized carbons (Fsp3) is 0.300. The molecule has 0 unspecified atom stereocenters. The van der Waals surface area contributed by atoms with E-state index in [0.29, 0.717) is 11.5 Å². The molecule has 1 amide bonds. The van der Waals surface area contributed by atoms with Gasteiger partial charge in [-0.1, -0.05) is 43.7 Å².